The monoisotopic (exact) mass is 264 g/mol. The van der Waals surface area contributed by atoms with E-state index in [0.29, 0.717) is 0 Å². The third kappa shape index (κ3) is 2.59. The van der Waals surface area contributed by atoms with Crippen molar-refractivity contribution in [1.82, 2.24) is 0 Å². The highest BCUT2D eigenvalue weighted by molar-refractivity contribution is 5.04. The highest BCUT2D eigenvalue weighted by atomic mass is 19.4. The van der Waals surface area contributed by atoms with Gasteiger partial charge in [-0.2, -0.15) is 39.5 Å². The molecule has 0 amide bonds. The van der Waals surface area contributed by atoms with E-state index in [1.165, 1.54) is 0 Å². The number of alkyl halides is 8. The van der Waals surface area contributed by atoms with Crippen LogP contribution in [0, 0.1) is 0 Å². The first kappa shape index (κ1) is 15.0. The molecule has 0 nitrogen and oxygen atoms in total. The fraction of sp³-hybridized carbons (Fsp3) is 0.667. The summed E-state index contributed by atoms with van der Waals surface area (Å²) in [5.41, 5.74) is 0. The van der Waals surface area contributed by atoms with Crippen molar-refractivity contribution < 1.29 is 43.9 Å². The first-order valence-electron chi connectivity index (χ1n) is 3.33. The Morgan fingerprint density at radius 1 is 0.875 bits per heavy atom. The van der Waals surface area contributed by atoms with Gasteiger partial charge in [-0.15, -0.1) is 0 Å². The first-order valence-corrected chi connectivity index (χ1v) is 3.33. The molecule has 0 aromatic heterocycles. The topological polar surface area (TPSA) is 0 Å². The van der Waals surface area contributed by atoms with Gasteiger partial charge in [-0.3, -0.25) is 0 Å². The number of rotatable bonds is 3. The van der Waals surface area contributed by atoms with Gasteiger partial charge in [-0.25, -0.2) is 4.39 Å². The molecule has 16 heavy (non-hydrogen) atoms. The first-order chi connectivity index (χ1) is 6.84. The van der Waals surface area contributed by atoms with E-state index < -0.39 is 36.3 Å². The SMILES string of the molecule is FC(F)=CC(F)C(F)(F)C(F)(F)C(F)(F)F. The Balaban J connectivity index is 5.27. The molecule has 0 rings (SSSR count). The van der Waals surface area contributed by atoms with Crippen LogP contribution in [0.15, 0.2) is 12.2 Å². The Morgan fingerprint density at radius 3 is 1.50 bits per heavy atom. The molecule has 0 heterocycles. The Hall–Kier alpha value is -0.960. The normalized spacial score (nSPS) is 15.9. The van der Waals surface area contributed by atoms with E-state index in [0.717, 1.165) is 0 Å². The second kappa shape index (κ2) is 4.13. The zero-order chi connectivity index (χ0) is 13.4. The highest BCUT2D eigenvalue weighted by Gasteiger charge is 2.75. The Kier molecular flexibility index (Phi) is 3.88. The van der Waals surface area contributed by atoms with Crippen LogP contribution >= 0.6 is 0 Å². The second-order valence-electron chi connectivity index (χ2n) is 2.55. The maximum absolute atomic E-state index is 12.2. The third-order valence-corrected chi connectivity index (χ3v) is 1.39. The van der Waals surface area contributed by atoms with Gasteiger partial charge in [-0.1, -0.05) is 0 Å². The molecule has 0 N–H and O–H groups in total. The molecule has 0 aromatic carbocycles. The smallest absolute Gasteiger partial charge is 0.236 e. The summed E-state index contributed by atoms with van der Waals surface area (Å²) in [4.78, 5) is 0. The van der Waals surface area contributed by atoms with Crippen LogP contribution in [0.2, 0.25) is 0 Å². The van der Waals surface area contributed by atoms with Crippen LogP contribution in [0.3, 0.4) is 0 Å². The average molecular weight is 264 g/mol. The summed E-state index contributed by atoms with van der Waals surface area (Å²) in [7, 11) is 0. The van der Waals surface area contributed by atoms with E-state index >= 15 is 0 Å². The maximum atomic E-state index is 12.2. The summed E-state index contributed by atoms with van der Waals surface area (Å²) in [6, 6.07) is 0. The van der Waals surface area contributed by atoms with Crippen molar-refractivity contribution in [2.45, 2.75) is 24.2 Å². The largest absolute Gasteiger partial charge is 0.460 e. The molecule has 0 aliphatic rings. The molecule has 1 atom stereocenters. The summed E-state index contributed by atoms with van der Waals surface area (Å²) in [6.07, 6.45) is -15.7. The van der Waals surface area contributed by atoms with E-state index in [4.69, 9.17) is 0 Å². The average Bonchev–Trinajstić information content (AvgIpc) is 2.00. The zero-order valence-corrected chi connectivity index (χ0v) is 6.93. The molecule has 0 radical (unpaired) electrons. The van der Waals surface area contributed by atoms with Crippen molar-refractivity contribution in [1.29, 1.82) is 0 Å². The summed E-state index contributed by atoms with van der Waals surface area (Å²) in [5.74, 6) is -13.1. The summed E-state index contributed by atoms with van der Waals surface area (Å²) in [5, 5.41) is 0. The quantitative estimate of drug-likeness (QED) is 0.677. The molecular formula is C6H2F10. The lowest BCUT2D eigenvalue weighted by Crippen LogP contribution is -2.56. The van der Waals surface area contributed by atoms with Crippen LogP contribution in [0.5, 0.6) is 0 Å². The van der Waals surface area contributed by atoms with Crippen molar-refractivity contribution >= 4 is 0 Å². The molecule has 0 saturated carbocycles. The predicted molar refractivity (Wildman–Crippen MR) is 31.1 cm³/mol. The number of allylic oxidation sites excluding steroid dienone is 1. The van der Waals surface area contributed by atoms with Crippen LogP contribution in [0.4, 0.5) is 43.9 Å². The number of hydrogen-bond donors (Lipinski definition) is 0. The molecular weight excluding hydrogens is 262 g/mol. The maximum Gasteiger partial charge on any atom is 0.460 e. The lowest BCUT2D eigenvalue weighted by molar-refractivity contribution is -0.362. The molecule has 0 fully saturated rings. The van der Waals surface area contributed by atoms with Gasteiger partial charge < -0.3 is 0 Å². The summed E-state index contributed by atoms with van der Waals surface area (Å²) >= 11 is 0. The molecule has 96 valence electrons. The minimum absolute atomic E-state index is 1.32. The molecule has 0 bridgehead atoms. The Bertz CT molecular complexity index is 270. The van der Waals surface area contributed by atoms with Gasteiger partial charge >= 0.3 is 18.0 Å². The van der Waals surface area contributed by atoms with Gasteiger partial charge in [0.05, 0.1) is 0 Å². The molecule has 1 unspecified atom stereocenters. The molecule has 0 spiro atoms. The molecule has 0 saturated heterocycles. The summed E-state index contributed by atoms with van der Waals surface area (Å²) in [6.45, 7) is 0. The Labute approximate surface area is 81.5 Å². The second-order valence-corrected chi connectivity index (χ2v) is 2.55. The van der Waals surface area contributed by atoms with Crippen LogP contribution in [-0.4, -0.2) is 24.2 Å². The fourth-order valence-corrected chi connectivity index (χ4v) is 0.577. The van der Waals surface area contributed by atoms with E-state index in [1.54, 1.807) is 0 Å². The minimum atomic E-state index is -6.75. The fourth-order valence-electron chi connectivity index (χ4n) is 0.577. The third-order valence-electron chi connectivity index (χ3n) is 1.39. The van der Waals surface area contributed by atoms with E-state index in [9.17, 15) is 43.9 Å². The minimum Gasteiger partial charge on any atom is -0.236 e. The van der Waals surface area contributed by atoms with Crippen LogP contribution in [0.25, 0.3) is 0 Å². The van der Waals surface area contributed by atoms with E-state index in [1.807, 2.05) is 0 Å². The van der Waals surface area contributed by atoms with Crippen molar-refractivity contribution in [3.05, 3.63) is 12.2 Å². The van der Waals surface area contributed by atoms with Gasteiger partial charge in [0.1, 0.15) is 0 Å². The number of halogens is 10. The van der Waals surface area contributed by atoms with E-state index in [-0.39, 0.29) is 0 Å². The Morgan fingerprint density at radius 2 is 1.25 bits per heavy atom. The van der Waals surface area contributed by atoms with E-state index in [2.05, 4.69) is 0 Å². The van der Waals surface area contributed by atoms with Crippen molar-refractivity contribution in [2.24, 2.45) is 0 Å². The molecule has 10 heteroatoms. The van der Waals surface area contributed by atoms with Crippen LogP contribution in [0.1, 0.15) is 0 Å². The lowest BCUT2D eigenvalue weighted by Gasteiger charge is -2.28. The van der Waals surface area contributed by atoms with Crippen molar-refractivity contribution in [3.8, 4) is 0 Å². The van der Waals surface area contributed by atoms with Gasteiger partial charge in [0, 0.05) is 6.08 Å². The van der Waals surface area contributed by atoms with Gasteiger partial charge in [0.25, 0.3) is 6.08 Å². The highest BCUT2D eigenvalue weighted by Crippen LogP contribution is 2.49. The molecule has 0 aliphatic carbocycles. The predicted octanol–water partition coefficient (Wildman–Crippen LogP) is 3.94. The lowest BCUT2D eigenvalue weighted by atomic mass is 10.1. The van der Waals surface area contributed by atoms with Crippen molar-refractivity contribution in [3.63, 3.8) is 0 Å². The van der Waals surface area contributed by atoms with Gasteiger partial charge in [0.2, 0.25) is 0 Å². The van der Waals surface area contributed by atoms with Crippen LogP contribution < -0.4 is 0 Å². The standard InChI is InChI=1S/C6H2F10/c7-2(1-3(8)9)4(10,11)5(12,13)6(14,15)16/h1-2H. The van der Waals surface area contributed by atoms with Crippen molar-refractivity contribution in [2.75, 3.05) is 0 Å². The van der Waals surface area contributed by atoms with Gasteiger partial charge in [0.15, 0.2) is 6.17 Å². The zero-order valence-electron chi connectivity index (χ0n) is 6.93. The molecule has 0 aliphatic heterocycles. The van der Waals surface area contributed by atoms with Crippen LogP contribution in [-0.2, 0) is 0 Å². The molecule has 0 aromatic rings. The summed E-state index contributed by atoms with van der Waals surface area (Å²) < 4.78 is 117. The number of hydrogen-bond acceptors (Lipinski definition) is 0. The van der Waals surface area contributed by atoms with Gasteiger partial charge in [-0.05, 0) is 0 Å².